The molecule has 0 spiro atoms. The van der Waals surface area contributed by atoms with Crippen LogP contribution in [0.25, 0.3) is 11.3 Å². The molecule has 0 radical (unpaired) electrons. The molecule has 0 bridgehead atoms. The van der Waals surface area contributed by atoms with Gasteiger partial charge in [-0.05, 0) is 32.4 Å². The first-order valence-electron chi connectivity index (χ1n) is 7.54. The second-order valence-corrected chi connectivity index (χ2v) is 6.70. The van der Waals surface area contributed by atoms with Gasteiger partial charge in [0.05, 0.1) is 12.8 Å². The molecule has 1 N–H and O–H groups in total. The van der Waals surface area contributed by atoms with Crippen molar-refractivity contribution < 1.29 is 14.3 Å². The lowest BCUT2D eigenvalue weighted by Gasteiger charge is -2.19. The minimum atomic E-state index is -0.509. The van der Waals surface area contributed by atoms with E-state index in [1.54, 1.807) is 19.2 Å². The van der Waals surface area contributed by atoms with Gasteiger partial charge in [0.25, 0.3) is 0 Å². The van der Waals surface area contributed by atoms with Crippen LogP contribution in [0, 0.1) is 0 Å². The first-order valence-corrected chi connectivity index (χ1v) is 7.92. The summed E-state index contributed by atoms with van der Waals surface area (Å²) in [6, 6.07) is 11.1. The number of carbonyl (C=O) groups is 1. The van der Waals surface area contributed by atoms with Gasteiger partial charge in [-0.3, -0.25) is 0 Å². The number of aromatic nitrogens is 1. The second-order valence-electron chi connectivity index (χ2n) is 6.27. The molecular formula is C18H21ClN2O3. The third kappa shape index (κ3) is 5.42. The number of rotatable bonds is 4. The Bertz CT molecular complexity index is 709. The van der Waals surface area contributed by atoms with E-state index in [1.165, 1.54) is 0 Å². The highest BCUT2D eigenvalue weighted by molar-refractivity contribution is 6.30. The maximum atomic E-state index is 11.7. The molecule has 2 aromatic rings. The van der Waals surface area contributed by atoms with Gasteiger partial charge in [0.1, 0.15) is 5.60 Å². The van der Waals surface area contributed by atoms with Crippen LogP contribution in [-0.4, -0.2) is 23.8 Å². The monoisotopic (exact) mass is 348 g/mol. The average molecular weight is 349 g/mol. The highest BCUT2D eigenvalue weighted by Gasteiger charge is 2.15. The van der Waals surface area contributed by atoms with Gasteiger partial charge in [0, 0.05) is 23.2 Å². The zero-order chi connectivity index (χ0) is 17.7. The Balaban J connectivity index is 2.03. The average Bonchev–Trinajstić information content (AvgIpc) is 2.51. The van der Waals surface area contributed by atoms with Crippen molar-refractivity contribution in [1.82, 2.24) is 10.3 Å². The fourth-order valence-electron chi connectivity index (χ4n) is 2.01. The molecule has 0 saturated heterocycles. The summed E-state index contributed by atoms with van der Waals surface area (Å²) in [6.07, 6.45) is -0.437. The molecule has 1 aromatic carbocycles. The predicted molar refractivity (Wildman–Crippen MR) is 94.3 cm³/mol. The van der Waals surface area contributed by atoms with Gasteiger partial charge in [-0.15, -0.1) is 0 Å². The van der Waals surface area contributed by atoms with Gasteiger partial charge in [0.15, 0.2) is 0 Å². The van der Waals surface area contributed by atoms with Crippen LogP contribution in [-0.2, 0) is 11.3 Å². The van der Waals surface area contributed by atoms with Crippen molar-refractivity contribution in [2.24, 2.45) is 0 Å². The number of pyridine rings is 1. The molecule has 2 rings (SSSR count). The lowest BCUT2D eigenvalue weighted by molar-refractivity contribution is 0.0523. The van der Waals surface area contributed by atoms with E-state index >= 15 is 0 Å². The maximum Gasteiger partial charge on any atom is 0.407 e. The van der Waals surface area contributed by atoms with Crippen molar-refractivity contribution in [2.75, 3.05) is 7.11 Å². The quantitative estimate of drug-likeness (QED) is 0.887. The molecule has 0 aliphatic rings. The number of nitrogens with zero attached hydrogens (tertiary/aromatic N) is 1. The van der Waals surface area contributed by atoms with Crippen molar-refractivity contribution >= 4 is 17.7 Å². The summed E-state index contributed by atoms with van der Waals surface area (Å²) in [4.78, 5) is 16.0. The van der Waals surface area contributed by atoms with E-state index in [0.717, 1.165) is 16.8 Å². The predicted octanol–water partition coefficient (Wildman–Crippen LogP) is 4.44. The first kappa shape index (κ1) is 18.1. The Morgan fingerprint density at radius 3 is 2.46 bits per heavy atom. The van der Waals surface area contributed by atoms with Crippen LogP contribution in [0.15, 0.2) is 36.4 Å². The van der Waals surface area contributed by atoms with E-state index in [1.807, 2.05) is 45.0 Å². The summed E-state index contributed by atoms with van der Waals surface area (Å²) >= 11 is 6.07. The molecule has 24 heavy (non-hydrogen) atoms. The number of carbonyl (C=O) groups excluding carboxylic acids is 1. The minimum absolute atomic E-state index is 0.390. The number of hydrogen-bond donors (Lipinski definition) is 1. The zero-order valence-corrected chi connectivity index (χ0v) is 15.0. The van der Waals surface area contributed by atoms with Crippen molar-refractivity contribution in [3.63, 3.8) is 0 Å². The number of halogens is 1. The van der Waals surface area contributed by atoms with Crippen LogP contribution in [0.1, 0.15) is 26.3 Å². The summed E-state index contributed by atoms with van der Waals surface area (Å²) in [5, 5.41) is 3.29. The molecule has 0 atom stereocenters. The summed E-state index contributed by atoms with van der Waals surface area (Å²) in [6.45, 7) is 5.87. The molecule has 0 saturated carbocycles. The van der Waals surface area contributed by atoms with E-state index in [2.05, 4.69) is 10.3 Å². The summed E-state index contributed by atoms with van der Waals surface area (Å²) in [7, 11) is 1.55. The Labute approximate surface area is 147 Å². The standard InChI is InChI=1S/C18H21ClN2O3/c1-18(2,3)24-17(22)20-11-12-5-7-13(8-6-12)15-9-14(19)10-16(21-15)23-4/h5-10H,11H2,1-4H3,(H,20,22). The lowest BCUT2D eigenvalue weighted by Crippen LogP contribution is -2.32. The number of ether oxygens (including phenoxy) is 2. The molecule has 6 heteroatoms. The fourth-order valence-corrected chi connectivity index (χ4v) is 2.20. The molecule has 128 valence electrons. The molecule has 1 heterocycles. The van der Waals surface area contributed by atoms with E-state index in [-0.39, 0.29) is 0 Å². The third-order valence-corrected chi connectivity index (χ3v) is 3.28. The molecular weight excluding hydrogens is 328 g/mol. The number of nitrogens with one attached hydrogen (secondary N) is 1. The number of hydrogen-bond acceptors (Lipinski definition) is 4. The highest BCUT2D eigenvalue weighted by Crippen LogP contribution is 2.25. The Morgan fingerprint density at radius 1 is 1.21 bits per heavy atom. The van der Waals surface area contributed by atoms with Crippen molar-refractivity contribution in [3.05, 3.63) is 47.0 Å². The van der Waals surface area contributed by atoms with Crippen molar-refractivity contribution in [3.8, 4) is 17.1 Å². The van der Waals surface area contributed by atoms with Crippen LogP contribution in [0.3, 0.4) is 0 Å². The fraction of sp³-hybridized carbons (Fsp3) is 0.333. The Hall–Kier alpha value is -2.27. The van der Waals surface area contributed by atoms with Gasteiger partial charge in [-0.2, -0.15) is 0 Å². The normalized spacial score (nSPS) is 11.0. The first-order chi connectivity index (χ1) is 11.3. The Morgan fingerprint density at radius 2 is 1.88 bits per heavy atom. The van der Waals surface area contributed by atoms with Crippen LogP contribution in [0.5, 0.6) is 5.88 Å². The summed E-state index contributed by atoms with van der Waals surface area (Å²) in [5.74, 6) is 0.466. The third-order valence-electron chi connectivity index (χ3n) is 3.06. The van der Waals surface area contributed by atoms with Crippen LogP contribution in [0.2, 0.25) is 5.02 Å². The van der Waals surface area contributed by atoms with Crippen molar-refractivity contribution in [1.29, 1.82) is 0 Å². The smallest absolute Gasteiger partial charge is 0.407 e. The number of benzene rings is 1. The van der Waals surface area contributed by atoms with Gasteiger partial charge < -0.3 is 14.8 Å². The molecule has 0 aliphatic heterocycles. The molecule has 1 amide bonds. The van der Waals surface area contributed by atoms with Crippen LogP contribution < -0.4 is 10.1 Å². The minimum Gasteiger partial charge on any atom is -0.481 e. The largest absolute Gasteiger partial charge is 0.481 e. The molecule has 0 unspecified atom stereocenters. The molecule has 1 aromatic heterocycles. The Kier molecular flexibility index (Phi) is 5.67. The highest BCUT2D eigenvalue weighted by atomic mass is 35.5. The van der Waals surface area contributed by atoms with Gasteiger partial charge in [-0.25, -0.2) is 9.78 Å². The molecule has 0 fully saturated rings. The van der Waals surface area contributed by atoms with E-state index in [4.69, 9.17) is 21.1 Å². The van der Waals surface area contributed by atoms with Gasteiger partial charge in [-0.1, -0.05) is 35.9 Å². The summed E-state index contributed by atoms with van der Waals surface area (Å²) in [5.41, 5.74) is 2.09. The van der Waals surface area contributed by atoms with Crippen LogP contribution in [0.4, 0.5) is 4.79 Å². The summed E-state index contributed by atoms with van der Waals surface area (Å²) < 4.78 is 10.3. The van der Waals surface area contributed by atoms with E-state index in [9.17, 15) is 4.79 Å². The van der Waals surface area contributed by atoms with Crippen LogP contribution >= 0.6 is 11.6 Å². The number of amides is 1. The number of methoxy groups -OCH3 is 1. The topological polar surface area (TPSA) is 60.5 Å². The second kappa shape index (κ2) is 7.53. The number of alkyl carbamates (subject to hydrolysis) is 1. The maximum absolute atomic E-state index is 11.7. The SMILES string of the molecule is COc1cc(Cl)cc(-c2ccc(CNC(=O)OC(C)(C)C)cc2)n1. The van der Waals surface area contributed by atoms with E-state index < -0.39 is 11.7 Å². The van der Waals surface area contributed by atoms with E-state index in [0.29, 0.717) is 17.4 Å². The van der Waals surface area contributed by atoms with Gasteiger partial charge in [0.2, 0.25) is 5.88 Å². The van der Waals surface area contributed by atoms with Gasteiger partial charge >= 0.3 is 6.09 Å². The molecule has 0 aliphatic carbocycles. The zero-order valence-electron chi connectivity index (χ0n) is 14.2. The lowest BCUT2D eigenvalue weighted by atomic mass is 10.1. The molecule has 5 nitrogen and oxygen atoms in total. The van der Waals surface area contributed by atoms with Crippen molar-refractivity contribution in [2.45, 2.75) is 32.9 Å².